The molecule has 1 atom stereocenters. The van der Waals surface area contributed by atoms with Gasteiger partial charge < -0.3 is 18.8 Å². The molecular formula is C24H21N3O4S. The number of amides is 1. The van der Waals surface area contributed by atoms with Crippen molar-refractivity contribution >= 4 is 34.1 Å². The largest absolute Gasteiger partial charge is 0.454 e. The number of carbonyl (C=O) groups excluding carboxylic acids is 1. The van der Waals surface area contributed by atoms with Gasteiger partial charge in [-0.05, 0) is 43.5 Å². The molecule has 0 saturated heterocycles. The lowest BCUT2D eigenvalue weighted by Crippen LogP contribution is -2.36. The Balaban J connectivity index is 1.34. The highest BCUT2D eigenvalue weighted by Crippen LogP contribution is 2.36. The molecule has 1 aliphatic heterocycles. The molecule has 1 amide bonds. The van der Waals surface area contributed by atoms with E-state index in [-0.39, 0.29) is 12.7 Å². The monoisotopic (exact) mass is 447 g/mol. The number of aromatic nitrogens is 2. The van der Waals surface area contributed by atoms with Crippen LogP contribution < -0.4 is 14.4 Å². The lowest BCUT2D eigenvalue weighted by Gasteiger charge is -2.25. The first kappa shape index (κ1) is 20.4. The van der Waals surface area contributed by atoms with Gasteiger partial charge in [-0.1, -0.05) is 48.2 Å². The fraction of sp³-hybridized carbons (Fsp3) is 0.208. The second-order valence-electron chi connectivity index (χ2n) is 7.28. The van der Waals surface area contributed by atoms with E-state index in [4.69, 9.17) is 13.9 Å². The third kappa shape index (κ3) is 3.78. The zero-order chi connectivity index (χ0) is 22.1. The van der Waals surface area contributed by atoms with Crippen LogP contribution in [-0.2, 0) is 4.79 Å². The molecule has 0 unspecified atom stereocenters. The average Bonchev–Trinajstić information content (AvgIpc) is 3.48. The van der Waals surface area contributed by atoms with Crippen LogP contribution in [0.5, 0.6) is 11.5 Å². The van der Waals surface area contributed by atoms with Gasteiger partial charge >= 0.3 is 0 Å². The summed E-state index contributed by atoms with van der Waals surface area (Å²) in [5.74, 6) is 1.69. The molecule has 5 rings (SSSR count). The van der Waals surface area contributed by atoms with Crippen LogP contribution in [0.1, 0.15) is 13.8 Å². The van der Waals surface area contributed by atoms with Crippen LogP contribution in [0.2, 0.25) is 0 Å². The maximum Gasteiger partial charge on any atom is 0.277 e. The lowest BCUT2D eigenvalue weighted by molar-refractivity contribution is -0.117. The molecule has 162 valence electrons. The van der Waals surface area contributed by atoms with Crippen molar-refractivity contribution in [2.45, 2.75) is 24.3 Å². The molecule has 0 saturated carbocycles. The van der Waals surface area contributed by atoms with Crippen LogP contribution in [0.15, 0.2) is 70.3 Å². The Bertz CT molecular complexity index is 1280. The van der Waals surface area contributed by atoms with Gasteiger partial charge in [-0.25, -0.2) is 0 Å². The summed E-state index contributed by atoms with van der Waals surface area (Å²) in [4.78, 5) is 15.1. The van der Waals surface area contributed by atoms with Crippen molar-refractivity contribution in [3.05, 3.63) is 60.7 Å². The van der Waals surface area contributed by atoms with Crippen molar-refractivity contribution in [3.63, 3.8) is 0 Å². The molecule has 0 N–H and O–H groups in total. The molecule has 1 aliphatic rings. The Labute approximate surface area is 189 Å². The third-order valence-electron chi connectivity index (χ3n) is 5.29. The minimum Gasteiger partial charge on any atom is -0.454 e. The van der Waals surface area contributed by atoms with Gasteiger partial charge in [0.2, 0.25) is 18.6 Å². The van der Waals surface area contributed by atoms with Gasteiger partial charge in [0, 0.05) is 17.5 Å². The number of nitrogens with zero attached hydrogens (tertiary/aromatic N) is 3. The Morgan fingerprint density at radius 2 is 1.88 bits per heavy atom. The number of thioether (sulfide) groups is 1. The number of hydrogen-bond donors (Lipinski definition) is 0. The van der Waals surface area contributed by atoms with Crippen LogP contribution in [0.25, 0.3) is 22.2 Å². The summed E-state index contributed by atoms with van der Waals surface area (Å²) in [6.45, 7) is 4.59. The van der Waals surface area contributed by atoms with Crippen molar-refractivity contribution in [2.75, 3.05) is 18.2 Å². The number of ether oxygens (including phenoxy) is 2. The zero-order valence-corrected chi connectivity index (χ0v) is 18.5. The molecular weight excluding hydrogens is 426 g/mol. The van der Waals surface area contributed by atoms with E-state index in [0.717, 1.165) is 22.0 Å². The van der Waals surface area contributed by atoms with E-state index in [1.54, 1.807) is 11.0 Å². The second-order valence-corrected chi connectivity index (χ2v) is 8.57. The Morgan fingerprint density at radius 3 is 2.75 bits per heavy atom. The molecule has 0 bridgehead atoms. The lowest BCUT2D eigenvalue weighted by atomic mass is 10.1. The van der Waals surface area contributed by atoms with E-state index in [1.165, 1.54) is 11.8 Å². The summed E-state index contributed by atoms with van der Waals surface area (Å²) in [6, 6.07) is 19.5. The third-order valence-corrected chi connectivity index (χ3v) is 6.21. The van der Waals surface area contributed by atoms with Crippen LogP contribution in [0.3, 0.4) is 0 Å². The van der Waals surface area contributed by atoms with Gasteiger partial charge in [0.25, 0.3) is 5.22 Å². The highest BCUT2D eigenvalue weighted by atomic mass is 32.2. The summed E-state index contributed by atoms with van der Waals surface area (Å²) in [6.07, 6.45) is 0. The molecule has 0 fully saturated rings. The van der Waals surface area contributed by atoms with Crippen LogP contribution >= 0.6 is 11.8 Å². The number of benzene rings is 3. The van der Waals surface area contributed by atoms with E-state index < -0.39 is 5.25 Å². The quantitative estimate of drug-likeness (QED) is 0.378. The minimum atomic E-state index is -0.404. The number of hydrogen-bond acceptors (Lipinski definition) is 7. The Kier molecular flexibility index (Phi) is 5.45. The first-order valence-corrected chi connectivity index (χ1v) is 11.2. The summed E-state index contributed by atoms with van der Waals surface area (Å²) in [7, 11) is 0. The minimum absolute atomic E-state index is 0.0170. The molecule has 0 aliphatic carbocycles. The number of rotatable bonds is 6. The van der Waals surface area contributed by atoms with E-state index in [2.05, 4.69) is 10.2 Å². The van der Waals surface area contributed by atoms with Crippen molar-refractivity contribution in [1.29, 1.82) is 0 Å². The van der Waals surface area contributed by atoms with Crippen LogP contribution in [0.4, 0.5) is 5.69 Å². The van der Waals surface area contributed by atoms with Crippen molar-refractivity contribution < 1.29 is 18.7 Å². The molecule has 8 heteroatoms. The first-order chi connectivity index (χ1) is 15.6. The smallest absolute Gasteiger partial charge is 0.277 e. The van der Waals surface area contributed by atoms with E-state index in [9.17, 15) is 4.79 Å². The molecule has 7 nitrogen and oxygen atoms in total. The highest BCUT2D eigenvalue weighted by molar-refractivity contribution is 8.00. The van der Waals surface area contributed by atoms with E-state index in [1.807, 2.05) is 68.4 Å². The van der Waals surface area contributed by atoms with E-state index >= 15 is 0 Å². The van der Waals surface area contributed by atoms with Gasteiger partial charge in [-0.2, -0.15) is 0 Å². The number of carbonyl (C=O) groups is 1. The molecule has 2 heterocycles. The highest BCUT2D eigenvalue weighted by Gasteiger charge is 2.25. The SMILES string of the molecule is CCN(C(=O)[C@H](C)Sc1nnc(-c2ccc3c(c2)OCO3)o1)c1cccc2ccccc12. The normalized spacial score (nSPS) is 13.3. The number of fused-ring (bicyclic) bond motifs is 2. The fourth-order valence-electron chi connectivity index (χ4n) is 3.71. The summed E-state index contributed by atoms with van der Waals surface area (Å²) in [5, 5.41) is 10.3. The number of anilines is 1. The summed E-state index contributed by atoms with van der Waals surface area (Å²) in [5.41, 5.74) is 1.63. The van der Waals surface area contributed by atoms with Crippen molar-refractivity contribution in [2.24, 2.45) is 0 Å². The van der Waals surface area contributed by atoms with Gasteiger partial charge in [0.15, 0.2) is 11.5 Å². The van der Waals surface area contributed by atoms with E-state index in [0.29, 0.717) is 29.2 Å². The zero-order valence-electron chi connectivity index (χ0n) is 17.6. The standard InChI is InChI=1S/C24H21N3O4S/c1-3-27(19-10-6-8-16-7-4-5-9-18(16)19)23(28)15(2)32-24-26-25-22(31-24)17-11-12-20-21(13-17)30-14-29-20/h4-13,15H,3,14H2,1-2H3/t15-/m0/s1. The molecule has 0 spiro atoms. The Morgan fingerprint density at radius 1 is 1.06 bits per heavy atom. The molecule has 3 aromatic carbocycles. The maximum atomic E-state index is 13.3. The molecule has 4 aromatic rings. The average molecular weight is 448 g/mol. The predicted octanol–water partition coefficient (Wildman–Crippen LogP) is 5.15. The molecule has 1 aromatic heterocycles. The topological polar surface area (TPSA) is 77.7 Å². The Hall–Kier alpha value is -3.52. The van der Waals surface area contributed by atoms with Gasteiger partial charge in [0.1, 0.15) is 0 Å². The van der Waals surface area contributed by atoms with Crippen LogP contribution in [0, 0.1) is 0 Å². The van der Waals surface area contributed by atoms with Crippen LogP contribution in [-0.4, -0.2) is 34.7 Å². The maximum absolute atomic E-state index is 13.3. The van der Waals surface area contributed by atoms with Crippen molar-refractivity contribution in [3.8, 4) is 23.0 Å². The second kappa shape index (κ2) is 8.55. The van der Waals surface area contributed by atoms with Crippen molar-refractivity contribution in [1.82, 2.24) is 10.2 Å². The van der Waals surface area contributed by atoms with Gasteiger partial charge in [-0.3, -0.25) is 4.79 Å². The summed E-state index contributed by atoms with van der Waals surface area (Å²) >= 11 is 1.25. The first-order valence-electron chi connectivity index (χ1n) is 10.3. The molecule has 32 heavy (non-hydrogen) atoms. The summed E-state index contributed by atoms with van der Waals surface area (Å²) < 4.78 is 16.6. The predicted molar refractivity (Wildman–Crippen MR) is 123 cm³/mol. The van der Waals surface area contributed by atoms with Gasteiger partial charge in [0.05, 0.1) is 10.9 Å². The fourth-order valence-corrected chi connectivity index (χ4v) is 4.46. The van der Waals surface area contributed by atoms with Gasteiger partial charge in [-0.15, -0.1) is 10.2 Å². The molecule has 0 radical (unpaired) electrons.